The number of thiocarbonyl (C=S) groups is 1. The molecule has 0 fully saturated rings. The van der Waals surface area contributed by atoms with Crippen LogP contribution in [0.2, 0.25) is 0 Å². The molecule has 0 radical (unpaired) electrons. The van der Waals surface area contributed by atoms with Gasteiger partial charge in [0.25, 0.3) is 5.69 Å². The minimum Gasteiger partial charge on any atom is -0.497 e. The minimum absolute atomic E-state index is 0.0674. The van der Waals surface area contributed by atoms with Gasteiger partial charge in [0.2, 0.25) is 0 Å². The zero-order chi connectivity index (χ0) is 20.4. The minimum atomic E-state index is -0.372. The Morgan fingerprint density at radius 3 is 2.79 bits per heavy atom. The second-order valence-corrected chi connectivity index (χ2v) is 7.12. The molecule has 0 spiro atoms. The van der Waals surface area contributed by atoms with Crippen LogP contribution in [-0.2, 0) is 6.54 Å². The summed E-state index contributed by atoms with van der Waals surface area (Å²) in [5.74, 6) is 0.737. The van der Waals surface area contributed by atoms with Gasteiger partial charge in [-0.05, 0) is 42.0 Å². The van der Waals surface area contributed by atoms with Crippen LogP contribution in [0, 0.1) is 10.1 Å². The third-order valence-electron chi connectivity index (χ3n) is 5.02. The Balaban J connectivity index is 1.68. The number of hydrogen-bond donors (Lipinski definition) is 1. The van der Waals surface area contributed by atoms with Crippen LogP contribution < -0.4 is 10.1 Å². The molecule has 29 heavy (non-hydrogen) atoms. The number of rotatable bonds is 4. The van der Waals surface area contributed by atoms with Crippen molar-refractivity contribution in [1.82, 2.24) is 9.47 Å². The van der Waals surface area contributed by atoms with Crippen LogP contribution in [0.25, 0.3) is 0 Å². The molecule has 2 heterocycles. The van der Waals surface area contributed by atoms with Gasteiger partial charge < -0.3 is 19.5 Å². The van der Waals surface area contributed by atoms with Crippen molar-refractivity contribution in [3.63, 3.8) is 0 Å². The van der Waals surface area contributed by atoms with Gasteiger partial charge in [0.1, 0.15) is 5.75 Å². The molecule has 0 saturated heterocycles. The smallest absolute Gasteiger partial charge is 0.269 e. The number of hydrogen-bond acceptors (Lipinski definition) is 4. The molecule has 0 bridgehead atoms. The molecule has 1 N–H and O–H groups in total. The highest BCUT2D eigenvalue weighted by Crippen LogP contribution is 2.34. The van der Waals surface area contributed by atoms with E-state index < -0.39 is 0 Å². The fourth-order valence-corrected chi connectivity index (χ4v) is 3.97. The number of anilines is 1. The van der Waals surface area contributed by atoms with Gasteiger partial charge in [0.05, 0.1) is 18.1 Å². The lowest BCUT2D eigenvalue weighted by Gasteiger charge is -2.39. The van der Waals surface area contributed by atoms with Crippen molar-refractivity contribution >= 4 is 28.7 Å². The van der Waals surface area contributed by atoms with Crippen molar-refractivity contribution < 1.29 is 9.66 Å². The normalized spacial score (nSPS) is 15.5. The molecular formula is C21H20N4O3S. The summed E-state index contributed by atoms with van der Waals surface area (Å²) in [4.78, 5) is 13.0. The van der Waals surface area contributed by atoms with Gasteiger partial charge >= 0.3 is 0 Å². The second kappa shape index (κ2) is 7.92. The molecule has 1 aliphatic rings. The van der Waals surface area contributed by atoms with Crippen LogP contribution in [-0.4, -0.2) is 33.2 Å². The molecule has 0 amide bonds. The van der Waals surface area contributed by atoms with Gasteiger partial charge in [0, 0.05) is 48.9 Å². The van der Waals surface area contributed by atoms with Crippen molar-refractivity contribution in [2.75, 3.05) is 19.0 Å². The van der Waals surface area contributed by atoms with Gasteiger partial charge in [-0.3, -0.25) is 10.1 Å². The van der Waals surface area contributed by atoms with E-state index in [0.717, 1.165) is 29.2 Å². The number of non-ortho nitro benzene ring substituents is 1. The molecule has 1 atom stereocenters. The van der Waals surface area contributed by atoms with Crippen LogP contribution >= 0.6 is 12.2 Å². The summed E-state index contributed by atoms with van der Waals surface area (Å²) in [6.07, 6.45) is 2.02. The number of nitrogens with one attached hydrogen (secondary N) is 1. The molecule has 3 aromatic rings. The van der Waals surface area contributed by atoms with Crippen LogP contribution in [0.3, 0.4) is 0 Å². The van der Waals surface area contributed by atoms with Crippen LogP contribution in [0.4, 0.5) is 11.4 Å². The standard InChI is InChI=1S/C21H20N4O3S/c1-28-18-8-3-6-16(14-18)22-21(29)24-12-11-23-10-4-9-19(23)20(24)15-5-2-7-17(13-15)25(26)27/h2-10,13-14,20H,11-12H2,1H3,(H,22,29)/t20-/m1/s1. The number of ether oxygens (including phenoxy) is 1. The first-order chi connectivity index (χ1) is 14.1. The molecule has 4 rings (SSSR count). The number of aromatic nitrogens is 1. The largest absolute Gasteiger partial charge is 0.497 e. The summed E-state index contributed by atoms with van der Waals surface area (Å²) < 4.78 is 7.44. The first kappa shape index (κ1) is 18.9. The predicted octanol–water partition coefficient (Wildman–Crippen LogP) is 4.21. The fraction of sp³-hybridized carbons (Fsp3) is 0.190. The van der Waals surface area contributed by atoms with Crippen LogP contribution in [0.5, 0.6) is 5.75 Å². The Morgan fingerprint density at radius 2 is 2.00 bits per heavy atom. The van der Waals surface area contributed by atoms with Gasteiger partial charge in [-0.1, -0.05) is 18.2 Å². The van der Waals surface area contributed by atoms with Gasteiger partial charge in [-0.15, -0.1) is 0 Å². The number of nitro benzene ring substituents is 1. The Kier molecular flexibility index (Phi) is 5.18. The molecule has 8 heteroatoms. The fourth-order valence-electron chi connectivity index (χ4n) is 3.66. The van der Waals surface area contributed by atoms with E-state index in [1.165, 1.54) is 6.07 Å². The number of nitrogens with zero attached hydrogens (tertiary/aromatic N) is 3. The van der Waals surface area contributed by atoms with E-state index in [-0.39, 0.29) is 16.7 Å². The summed E-state index contributed by atoms with van der Waals surface area (Å²) in [6, 6.07) is 18.1. The highest BCUT2D eigenvalue weighted by atomic mass is 32.1. The Hall–Kier alpha value is -3.39. The third kappa shape index (κ3) is 3.79. The maximum absolute atomic E-state index is 11.3. The second-order valence-electron chi connectivity index (χ2n) is 6.74. The van der Waals surface area contributed by atoms with E-state index >= 15 is 0 Å². The van der Waals surface area contributed by atoms with E-state index in [9.17, 15) is 10.1 Å². The SMILES string of the molecule is COc1cccc(NC(=S)N2CCn3cccc3[C@H]2c2cccc([N+](=O)[O-])c2)c1. The first-order valence-electron chi connectivity index (χ1n) is 9.18. The predicted molar refractivity (Wildman–Crippen MR) is 115 cm³/mol. The van der Waals surface area contributed by atoms with E-state index in [1.54, 1.807) is 19.2 Å². The number of benzene rings is 2. The molecule has 1 aliphatic heterocycles. The Morgan fingerprint density at radius 1 is 1.17 bits per heavy atom. The molecule has 0 aliphatic carbocycles. The zero-order valence-corrected chi connectivity index (χ0v) is 16.6. The molecular weight excluding hydrogens is 388 g/mol. The van der Waals surface area contributed by atoms with Crippen LogP contribution in [0.15, 0.2) is 66.9 Å². The lowest BCUT2D eigenvalue weighted by atomic mass is 10.00. The maximum atomic E-state index is 11.3. The molecule has 7 nitrogen and oxygen atoms in total. The summed E-state index contributed by atoms with van der Waals surface area (Å²) in [5, 5.41) is 15.1. The monoisotopic (exact) mass is 408 g/mol. The highest BCUT2D eigenvalue weighted by molar-refractivity contribution is 7.80. The van der Waals surface area contributed by atoms with Crippen molar-refractivity contribution in [3.05, 3.63) is 88.2 Å². The number of fused-ring (bicyclic) bond motifs is 1. The van der Waals surface area contributed by atoms with Crippen molar-refractivity contribution in [2.24, 2.45) is 0 Å². The maximum Gasteiger partial charge on any atom is 0.269 e. The lowest BCUT2D eigenvalue weighted by molar-refractivity contribution is -0.384. The Bertz CT molecular complexity index is 1070. The molecule has 0 saturated carbocycles. The average Bonchev–Trinajstić information content (AvgIpc) is 3.22. The van der Waals surface area contributed by atoms with Gasteiger partial charge in [-0.2, -0.15) is 0 Å². The summed E-state index contributed by atoms with van der Waals surface area (Å²) >= 11 is 5.73. The molecule has 1 aromatic heterocycles. The number of nitro groups is 1. The van der Waals surface area contributed by atoms with Crippen molar-refractivity contribution in [3.8, 4) is 5.75 Å². The van der Waals surface area contributed by atoms with E-state index in [1.807, 2.05) is 48.7 Å². The van der Waals surface area contributed by atoms with Crippen molar-refractivity contribution in [2.45, 2.75) is 12.6 Å². The first-order valence-corrected chi connectivity index (χ1v) is 9.58. The third-order valence-corrected chi connectivity index (χ3v) is 5.35. The summed E-state index contributed by atoms with van der Waals surface area (Å²) in [5.41, 5.74) is 2.77. The lowest BCUT2D eigenvalue weighted by Crippen LogP contribution is -2.44. The van der Waals surface area contributed by atoms with E-state index in [0.29, 0.717) is 11.7 Å². The zero-order valence-electron chi connectivity index (χ0n) is 15.8. The van der Waals surface area contributed by atoms with E-state index in [4.69, 9.17) is 17.0 Å². The van der Waals surface area contributed by atoms with Crippen LogP contribution in [0.1, 0.15) is 17.3 Å². The van der Waals surface area contributed by atoms with Crippen molar-refractivity contribution in [1.29, 1.82) is 0 Å². The topological polar surface area (TPSA) is 72.6 Å². The molecule has 2 aromatic carbocycles. The molecule has 0 unspecified atom stereocenters. The summed E-state index contributed by atoms with van der Waals surface area (Å²) in [6.45, 7) is 1.47. The van der Waals surface area contributed by atoms with Gasteiger partial charge in [-0.25, -0.2) is 0 Å². The van der Waals surface area contributed by atoms with E-state index in [2.05, 4.69) is 14.8 Å². The summed E-state index contributed by atoms with van der Waals surface area (Å²) in [7, 11) is 1.62. The van der Waals surface area contributed by atoms with Gasteiger partial charge in [0.15, 0.2) is 5.11 Å². The molecule has 148 valence electrons. The highest BCUT2D eigenvalue weighted by Gasteiger charge is 2.31. The average molecular weight is 408 g/mol. The number of methoxy groups -OCH3 is 1. The quantitative estimate of drug-likeness (QED) is 0.396. The Labute approximate surface area is 173 Å².